The first-order valence-electron chi connectivity index (χ1n) is 7.07. The number of benzene rings is 1. The lowest BCUT2D eigenvalue weighted by molar-refractivity contribution is 0.503. The quantitative estimate of drug-likeness (QED) is 0.870. The van der Waals surface area contributed by atoms with Crippen molar-refractivity contribution in [1.29, 1.82) is 0 Å². The standard InChI is InChI=1S/C16H22BrN3/c1-4-18-15(7-8-16-19-9-10-20(16)3)14-11-13(17)6-5-12(14)2/h5-6,9-11,15,18H,4,7-8H2,1-3H3. The summed E-state index contributed by atoms with van der Waals surface area (Å²) in [5, 5.41) is 3.59. The number of nitrogens with one attached hydrogen (secondary N) is 1. The minimum absolute atomic E-state index is 0.370. The summed E-state index contributed by atoms with van der Waals surface area (Å²) < 4.78 is 3.23. The lowest BCUT2D eigenvalue weighted by Gasteiger charge is -2.20. The van der Waals surface area contributed by atoms with Crippen LogP contribution in [0, 0.1) is 6.92 Å². The molecule has 2 rings (SSSR count). The van der Waals surface area contributed by atoms with Crippen LogP contribution < -0.4 is 5.32 Å². The summed E-state index contributed by atoms with van der Waals surface area (Å²) in [6.45, 7) is 5.30. The Morgan fingerprint density at radius 3 is 2.85 bits per heavy atom. The second kappa shape index (κ2) is 7.04. The highest BCUT2D eigenvalue weighted by Gasteiger charge is 2.14. The zero-order chi connectivity index (χ0) is 14.5. The molecule has 0 aliphatic rings. The van der Waals surface area contributed by atoms with Gasteiger partial charge in [0.1, 0.15) is 5.82 Å². The first-order chi connectivity index (χ1) is 9.61. The van der Waals surface area contributed by atoms with Crippen LogP contribution in [0.1, 0.15) is 36.3 Å². The molecular weight excluding hydrogens is 314 g/mol. The lowest BCUT2D eigenvalue weighted by atomic mass is 9.97. The zero-order valence-electron chi connectivity index (χ0n) is 12.4. The molecule has 2 aromatic rings. The fourth-order valence-corrected chi connectivity index (χ4v) is 2.89. The van der Waals surface area contributed by atoms with Crippen LogP contribution in [-0.4, -0.2) is 16.1 Å². The average Bonchev–Trinajstić information content (AvgIpc) is 2.83. The van der Waals surface area contributed by atoms with Gasteiger partial charge < -0.3 is 9.88 Å². The Hall–Kier alpha value is -1.13. The molecule has 1 aromatic heterocycles. The molecule has 3 nitrogen and oxygen atoms in total. The van der Waals surface area contributed by atoms with E-state index in [1.165, 1.54) is 11.1 Å². The number of aryl methyl sites for hydroxylation is 3. The van der Waals surface area contributed by atoms with Gasteiger partial charge in [-0.1, -0.05) is 28.9 Å². The summed E-state index contributed by atoms with van der Waals surface area (Å²) in [6, 6.07) is 6.86. The van der Waals surface area contributed by atoms with E-state index in [2.05, 4.69) is 69.9 Å². The van der Waals surface area contributed by atoms with Crippen molar-refractivity contribution in [3.8, 4) is 0 Å². The van der Waals surface area contributed by atoms with Crippen molar-refractivity contribution in [2.24, 2.45) is 7.05 Å². The van der Waals surface area contributed by atoms with Crippen LogP contribution in [0.15, 0.2) is 35.1 Å². The number of imidazole rings is 1. The van der Waals surface area contributed by atoms with E-state index in [-0.39, 0.29) is 0 Å². The molecule has 0 fully saturated rings. The SMILES string of the molecule is CCNC(CCc1nccn1C)c1cc(Br)ccc1C. The summed E-state index contributed by atoms with van der Waals surface area (Å²) in [4.78, 5) is 4.41. The maximum Gasteiger partial charge on any atom is 0.108 e. The van der Waals surface area contributed by atoms with Crippen LogP contribution in [0.4, 0.5) is 0 Å². The Kier molecular flexibility index (Phi) is 5.38. The lowest BCUT2D eigenvalue weighted by Crippen LogP contribution is -2.22. The summed E-state index contributed by atoms with van der Waals surface area (Å²) in [7, 11) is 2.05. The van der Waals surface area contributed by atoms with Gasteiger partial charge in [0.25, 0.3) is 0 Å². The number of hydrogen-bond acceptors (Lipinski definition) is 2. The maximum absolute atomic E-state index is 4.41. The van der Waals surface area contributed by atoms with E-state index in [9.17, 15) is 0 Å². The van der Waals surface area contributed by atoms with E-state index >= 15 is 0 Å². The Bertz CT molecular complexity index is 563. The Morgan fingerprint density at radius 1 is 1.40 bits per heavy atom. The van der Waals surface area contributed by atoms with Crippen molar-refractivity contribution in [1.82, 2.24) is 14.9 Å². The molecule has 0 spiro atoms. The van der Waals surface area contributed by atoms with Crippen molar-refractivity contribution in [3.63, 3.8) is 0 Å². The number of nitrogens with zero attached hydrogens (tertiary/aromatic N) is 2. The van der Waals surface area contributed by atoms with Gasteiger partial charge in [-0.25, -0.2) is 4.98 Å². The number of halogens is 1. The van der Waals surface area contributed by atoms with Gasteiger partial charge in [0, 0.05) is 36.4 Å². The van der Waals surface area contributed by atoms with Gasteiger partial charge in [-0.3, -0.25) is 0 Å². The van der Waals surface area contributed by atoms with Crippen molar-refractivity contribution < 1.29 is 0 Å². The Balaban J connectivity index is 2.14. The minimum atomic E-state index is 0.370. The molecule has 108 valence electrons. The molecule has 0 radical (unpaired) electrons. The molecule has 1 N–H and O–H groups in total. The van der Waals surface area contributed by atoms with E-state index in [0.717, 1.165) is 29.7 Å². The summed E-state index contributed by atoms with van der Waals surface area (Å²) in [6.07, 6.45) is 5.90. The van der Waals surface area contributed by atoms with Crippen LogP contribution in [0.3, 0.4) is 0 Å². The number of aromatic nitrogens is 2. The highest BCUT2D eigenvalue weighted by atomic mass is 79.9. The van der Waals surface area contributed by atoms with Crippen LogP contribution in [0.5, 0.6) is 0 Å². The molecule has 0 bridgehead atoms. The normalized spacial score (nSPS) is 12.6. The van der Waals surface area contributed by atoms with Crippen molar-refractivity contribution in [2.45, 2.75) is 32.7 Å². The van der Waals surface area contributed by atoms with E-state index in [0.29, 0.717) is 6.04 Å². The van der Waals surface area contributed by atoms with Crippen LogP contribution in [0.2, 0.25) is 0 Å². The van der Waals surface area contributed by atoms with Gasteiger partial charge in [-0.15, -0.1) is 0 Å². The molecule has 1 aromatic carbocycles. The summed E-state index contributed by atoms with van der Waals surface area (Å²) in [5.74, 6) is 1.14. The molecule has 4 heteroatoms. The average molecular weight is 336 g/mol. The third-order valence-electron chi connectivity index (χ3n) is 3.64. The van der Waals surface area contributed by atoms with Gasteiger partial charge >= 0.3 is 0 Å². The molecule has 0 saturated carbocycles. The first-order valence-corrected chi connectivity index (χ1v) is 7.86. The summed E-state index contributed by atoms with van der Waals surface area (Å²) >= 11 is 3.57. The van der Waals surface area contributed by atoms with Crippen LogP contribution in [-0.2, 0) is 13.5 Å². The third-order valence-corrected chi connectivity index (χ3v) is 4.14. The fraction of sp³-hybridized carbons (Fsp3) is 0.438. The monoisotopic (exact) mass is 335 g/mol. The molecule has 1 unspecified atom stereocenters. The van der Waals surface area contributed by atoms with E-state index in [4.69, 9.17) is 0 Å². The highest BCUT2D eigenvalue weighted by molar-refractivity contribution is 9.10. The molecular formula is C16H22BrN3. The highest BCUT2D eigenvalue weighted by Crippen LogP contribution is 2.25. The molecule has 20 heavy (non-hydrogen) atoms. The Morgan fingerprint density at radius 2 is 2.20 bits per heavy atom. The van der Waals surface area contributed by atoms with Gasteiger partial charge in [-0.05, 0) is 43.1 Å². The second-order valence-electron chi connectivity index (χ2n) is 5.10. The number of rotatable bonds is 6. The fourth-order valence-electron chi connectivity index (χ4n) is 2.51. The van der Waals surface area contributed by atoms with Gasteiger partial charge in [-0.2, -0.15) is 0 Å². The third kappa shape index (κ3) is 3.70. The van der Waals surface area contributed by atoms with Crippen molar-refractivity contribution >= 4 is 15.9 Å². The van der Waals surface area contributed by atoms with Crippen molar-refractivity contribution in [2.75, 3.05) is 6.54 Å². The minimum Gasteiger partial charge on any atom is -0.338 e. The molecule has 0 amide bonds. The van der Waals surface area contributed by atoms with E-state index in [1.807, 2.05) is 12.4 Å². The molecule has 1 atom stereocenters. The zero-order valence-corrected chi connectivity index (χ0v) is 13.9. The number of hydrogen-bond donors (Lipinski definition) is 1. The van der Waals surface area contributed by atoms with Crippen LogP contribution in [0.25, 0.3) is 0 Å². The second-order valence-corrected chi connectivity index (χ2v) is 6.02. The van der Waals surface area contributed by atoms with Gasteiger partial charge in [0.05, 0.1) is 0 Å². The van der Waals surface area contributed by atoms with E-state index < -0.39 is 0 Å². The topological polar surface area (TPSA) is 29.9 Å². The van der Waals surface area contributed by atoms with Crippen molar-refractivity contribution in [3.05, 3.63) is 52.0 Å². The molecule has 1 heterocycles. The predicted octanol–water partition coefficient (Wildman–Crippen LogP) is 3.77. The Labute approximate surface area is 129 Å². The van der Waals surface area contributed by atoms with Gasteiger partial charge in [0.2, 0.25) is 0 Å². The summed E-state index contributed by atoms with van der Waals surface area (Å²) in [5.41, 5.74) is 2.70. The smallest absolute Gasteiger partial charge is 0.108 e. The van der Waals surface area contributed by atoms with E-state index in [1.54, 1.807) is 0 Å². The van der Waals surface area contributed by atoms with Gasteiger partial charge in [0.15, 0.2) is 0 Å². The largest absolute Gasteiger partial charge is 0.338 e. The molecule has 0 saturated heterocycles. The first kappa shape index (κ1) is 15.3. The maximum atomic E-state index is 4.41. The molecule has 0 aliphatic carbocycles. The predicted molar refractivity (Wildman–Crippen MR) is 86.8 cm³/mol. The van der Waals surface area contributed by atoms with Crippen LogP contribution >= 0.6 is 15.9 Å². The molecule has 0 aliphatic heterocycles.